The lowest BCUT2D eigenvalue weighted by molar-refractivity contribution is -0.390. The highest BCUT2D eigenvalue weighted by Gasteiger charge is 2.19. The molecule has 8 nitrogen and oxygen atoms in total. The molecule has 1 amide bonds. The van der Waals surface area contributed by atoms with Crippen LogP contribution in [0.2, 0.25) is 0 Å². The van der Waals surface area contributed by atoms with Crippen LogP contribution in [0.15, 0.2) is 10.7 Å². The summed E-state index contributed by atoms with van der Waals surface area (Å²) < 4.78 is 7.09. The highest BCUT2D eigenvalue weighted by Crippen LogP contribution is 2.22. The molecule has 1 N–H and O–H groups in total. The number of amides is 1. The summed E-state index contributed by atoms with van der Waals surface area (Å²) in [7, 11) is 0. The lowest BCUT2D eigenvalue weighted by Gasteiger charge is -2.10. The number of aromatic nitrogens is 2. The SMILES string of the molecule is O=C(CCn1cc(Br)c([N+](=O)[O-])n1)NCC1CCCO1. The lowest BCUT2D eigenvalue weighted by atomic mass is 10.2. The second-order valence-corrected chi connectivity index (χ2v) is 5.36. The Morgan fingerprint density at radius 2 is 2.50 bits per heavy atom. The molecular formula is C11H15BrN4O4. The van der Waals surface area contributed by atoms with Gasteiger partial charge in [0.25, 0.3) is 0 Å². The van der Waals surface area contributed by atoms with Crippen molar-refractivity contribution in [2.45, 2.75) is 31.9 Å². The smallest absolute Gasteiger partial charge is 0.376 e. The van der Waals surface area contributed by atoms with Gasteiger partial charge >= 0.3 is 5.82 Å². The van der Waals surface area contributed by atoms with E-state index in [4.69, 9.17) is 4.74 Å². The van der Waals surface area contributed by atoms with Gasteiger partial charge in [-0.3, -0.25) is 4.79 Å². The minimum Gasteiger partial charge on any atom is -0.376 e. The summed E-state index contributed by atoms with van der Waals surface area (Å²) in [5.74, 6) is -0.362. The number of halogens is 1. The highest BCUT2D eigenvalue weighted by atomic mass is 79.9. The molecule has 2 heterocycles. The first-order valence-electron chi connectivity index (χ1n) is 6.32. The van der Waals surface area contributed by atoms with Crippen LogP contribution in [-0.4, -0.2) is 39.9 Å². The number of nitrogens with one attached hydrogen (secondary N) is 1. The van der Waals surface area contributed by atoms with E-state index < -0.39 is 4.92 Å². The molecule has 20 heavy (non-hydrogen) atoms. The second-order valence-electron chi connectivity index (χ2n) is 4.51. The fourth-order valence-electron chi connectivity index (χ4n) is 1.96. The Balaban J connectivity index is 1.75. The van der Waals surface area contributed by atoms with Crippen LogP contribution in [-0.2, 0) is 16.1 Å². The van der Waals surface area contributed by atoms with Crippen molar-refractivity contribution < 1.29 is 14.5 Å². The normalized spacial score (nSPS) is 18.1. The number of carbonyl (C=O) groups excluding carboxylic acids is 1. The average molecular weight is 347 g/mol. The molecule has 0 bridgehead atoms. The van der Waals surface area contributed by atoms with Gasteiger partial charge in [-0.25, -0.2) is 0 Å². The summed E-state index contributed by atoms with van der Waals surface area (Å²) in [6.45, 7) is 1.57. The molecule has 1 aromatic heterocycles. The summed E-state index contributed by atoms with van der Waals surface area (Å²) in [4.78, 5) is 21.7. The van der Waals surface area contributed by atoms with Crippen molar-refractivity contribution in [3.05, 3.63) is 20.8 Å². The Hall–Kier alpha value is -1.48. The van der Waals surface area contributed by atoms with Crippen LogP contribution in [0.4, 0.5) is 5.82 Å². The van der Waals surface area contributed by atoms with Gasteiger partial charge in [0.05, 0.1) is 23.9 Å². The first-order valence-corrected chi connectivity index (χ1v) is 7.11. The Morgan fingerprint density at radius 1 is 1.70 bits per heavy atom. The number of hydrogen-bond acceptors (Lipinski definition) is 5. The number of nitro groups is 1. The van der Waals surface area contributed by atoms with E-state index in [0.29, 0.717) is 17.6 Å². The molecular weight excluding hydrogens is 332 g/mol. The Bertz CT molecular complexity index is 499. The number of nitrogens with zero attached hydrogens (tertiary/aromatic N) is 3. The fraction of sp³-hybridized carbons (Fsp3) is 0.636. The van der Waals surface area contributed by atoms with Crippen molar-refractivity contribution in [1.82, 2.24) is 15.1 Å². The topological polar surface area (TPSA) is 99.3 Å². The third kappa shape index (κ3) is 4.01. The summed E-state index contributed by atoms with van der Waals surface area (Å²) in [5.41, 5.74) is 0. The van der Waals surface area contributed by atoms with Crippen molar-refractivity contribution in [2.24, 2.45) is 0 Å². The van der Waals surface area contributed by atoms with Gasteiger partial charge in [-0.1, -0.05) is 0 Å². The number of carbonyl (C=O) groups is 1. The van der Waals surface area contributed by atoms with E-state index in [1.54, 1.807) is 0 Å². The maximum atomic E-state index is 11.6. The van der Waals surface area contributed by atoms with E-state index in [1.165, 1.54) is 10.9 Å². The molecule has 1 unspecified atom stereocenters. The third-order valence-electron chi connectivity index (χ3n) is 2.99. The third-order valence-corrected chi connectivity index (χ3v) is 3.55. The molecule has 0 aliphatic carbocycles. The minimum absolute atomic E-state index is 0.110. The van der Waals surface area contributed by atoms with E-state index >= 15 is 0 Å². The zero-order valence-corrected chi connectivity index (χ0v) is 12.3. The van der Waals surface area contributed by atoms with Crippen molar-refractivity contribution in [3.63, 3.8) is 0 Å². The zero-order valence-electron chi connectivity index (χ0n) is 10.7. The van der Waals surface area contributed by atoms with Gasteiger partial charge in [-0.2, -0.15) is 4.68 Å². The van der Waals surface area contributed by atoms with Crippen molar-refractivity contribution >= 4 is 27.7 Å². The quantitative estimate of drug-likeness (QED) is 0.617. The van der Waals surface area contributed by atoms with E-state index in [1.807, 2.05) is 0 Å². The van der Waals surface area contributed by atoms with Crippen LogP contribution in [0, 0.1) is 10.1 Å². The lowest BCUT2D eigenvalue weighted by Crippen LogP contribution is -2.32. The van der Waals surface area contributed by atoms with E-state index in [0.717, 1.165) is 19.4 Å². The summed E-state index contributed by atoms with van der Waals surface area (Å²) >= 11 is 3.06. The van der Waals surface area contributed by atoms with Crippen molar-refractivity contribution in [1.29, 1.82) is 0 Å². The average Bonchev–Trinajstić information content (AvgIpc) is 3.03. The summed E-state index contributed by atoms with van der Waals surface area (Å²) in [6, 6.07) is 0. The Labute approximate surface area is 123 Å². The number of rotatable bonds is 6. The van der Waals surface area contributed by atoms with Gasteiger partial charge in [-0.15, -0.1) is 0 Å². The van der Waals surface area contributed by atoms with Crippen LogP contribution < -0.4 is 5.32 Å². The molecule has 0 spiro atoms. The molecule has 0 aromatic carbocycles. The number of aryl methyl sites for hydroxylation is 1. The van der Waals surface area contributed by atoms with Crippen LogP contribution in [0.3, 0.4) is 0 Å². The van der Waals surface area contributed by atoms with Crippen molar-refractivity contribution in [3.8, 4) is 0 Å². The van der Waals surface area contributed by atoms with Crippen LogP contribution >= 0.6 is 15.9 Å². The van der Waals surface area contributed by atoms with E-state index in [9.17, 15) is 14.9 Å². The molecule has 0 saturated carbocycles. The van der Waals surface area contributed by atoms with Crippen molar-refractivity contribution in [2.75, 3.05) is 13.2 Å². The first kappa shape index (κ1) is 14.9. The van der Waals surface area contributed by atoms with Gasteiger partial charge < -0.3 is 20.2 Å². The maximum absolute atomic E-state index is 11.6. The molecule has 1 saturated heterocycles. The molecule has 2 rings (SSSR count). The summed E-state index contributed by atoms with van der Waals surface area (Å²) in [6.07, 6.45) is 3.83. The molecule has 1 atom stereocenters. The largest absolute Gasteiger partial charge is 0.404 e. The molecule has 9 heteroatoms. The Kier molecular flexibility index (Phi) is 5.07. The second kappa shape index (κ2) is 6.80. The van der Waals surface area contributed by atoms with Crippen LogP contribution in [0.25, 0.3) is 0 Å². The zero-order chi connectivity index (χ0) is 14.5. The maximum Gasteiger partial charge on any atom is 0.404 e. The molecule has 0 radical (unpaired) electrons. The molecule has 1 aromatic rings. The van der Waals surface area contributed by atoms with E-state index in [2.05, 4.69) is 26.3 Å². The number of hydrogen-bond donors (Lipinski definition) is 1. The van der Waals surface area contributed by atoms with E-state index in [-0.39, 0.29) is 24.2 Å². The predicted octanol–water partition coefficient (Wildman–Crippen LogP) is 1.24. The monoisotopic (exact) mass is 346 g/mol. The van der Waals surface area contributed by atoms with Gasteiger partial charge in [0, 0.05) is 19.6 Å². The van der Waals surface area contributed by atoms with Crippen LogP contribution in [0.5, 0.6) is 0 Å². The molecule has 1 aliphatic heterocycles. The van der Waals surface area contributed by atoms with Gasteiger partial charge in [0.15, 0.2) is 0 Å². The van der Waals surface area contributed by atoms with Crippen LogP contribution in [0.1, 0.15) is 19.3 Å². The summed E-state index contributed by atoms with van der Waals surface area (Å²) in [5, 5.41) is 17.2. The molecule has 110 valence electrons. The molecule has 1 aliphatic rings. The molecule has 1 fully saturated rings. The Morgan fingerprint density at radius 3 is 3.10 bits per heavy atom. The van der Waals surface area contributed by atoms with Gasteiger partial charge in [-0.05, 0) is 33.7 Å². The van der Waals surface area contributed by atoms with Gasteiger partial charge in [0.1, 0.15) is 4.47 Å². The predicted molar refractivity (Wildman–Crippen MR) is 73.2 cm³/mol. The fourth-order valence-corrected chi connectivity index (χ4v) is 2.42. The minimum atomic E-state index is -0.571. The number of ether oxygens (including phenoxy) is 1. The standard InChI is InChI=1S/C11H15BrN4O4/c12-9-7-15(14-11(9)16(18)19)4-3-10(17)13-6-8-2-1-5-20-8/h7-8H,1-6H2,(H,13,17). The first-order chi connectivity index (χ1) is 9.56. The highest BCUT2D eigenvalue weighted by molar-refractivity contribution is 9.10. The van der Waals surface area contributed by atoms with Gasteiger partial charge in [0.2, 0.25) is 5.91 Å².